The molecule has 0 radical (unpaired) electrons. The monoisotopic (exact) mass is 350 g/mol. The van der Waals surface area contributed by atoms with E-state index < -0.39 is 0 Å². The zero-order valence-electron chi connectivity index (χ0n) is 14.8. The Kier molecular flexibility index (Phi) is 4.42. The van der Waals surface area contributed by atoms with E-state index in [0.29, 0.717) is 5.69 Å². The van der Waals surface area contributed by atoms with E-state index in [2.05, 4.69) is 27.0 Å². The quantitative estimate of drug-likeness (QED) is 0.688. The van der Waals surface area contributed by atoms with Gasteiger partial charge in [-0.05, 0) is 48.7 Å². The molecule has 0 aliphatic carbocycles. The van der Waals surface area contributed by atoms with Crippen LogP contribution in [0.5, 0.6) is 5.88 Å². The molecule has 6 heteroatoms. The molecule has 0 atom stereocenters. The van der Waals surface area contributed by atoms with Gasteiger partial charge in [0.25, 0.3) is 5.91 Å². The molecular formula is C20H22N4O2. The van der Waals surface area contributed by atoms with E-state index in [-0.39, 0.29) is 18.3 Å². The van der Waals surface area contributed by atoms with Gasteiger partial charge in [0, 0.05) is 5.39 Å². The van der Waals surface area contributed by atoms with Crippen molar-refractivity contribution < 1.29 is 9.90 Å². The van der Waals surface area contributed by atoms with E-state index in [1.807, 2.05) is 36.4 Å². The number of carbonyl (C=O) groups excluding carboxylic acids is 1. The lowest BCUT2D eigenvalue weighted by atomic mass is 9.99. The highest BCUT2D eigenvalue weighted by molar-refractivity contribution is 6.13. The molecule has 0 spiro atoms. The number of aromatic hydroxyl groups is 1. The first-order valence-electron chi connectivity index (χ1n) is 9.01. The zero-order valence-corrected chi connectivity index (χ0v) is 14.8. The maximum atomic E-state index is 12.2. The van der Waals surface area contributed by atoms with E-state index >= 15 is 0 Å². The highest BCUT2D eigenvalue weighted by Crippen LogP contribution is 2.39. The highest BCUT2D eigenvalue weighted by atomic mass is 16.3. The predicted molar refractivity (Wildman–Crippen MR) is 102 cm³/mol. The molecule has 1 aliphatic rings. The molecule has 2 aromatic carbocycles. The molecule has 1 saturated heterocycles. The second kappa shape index (κ2) is 6.88. The lowest BCUT2D eigenvalue weighted by Gasteiger charge is -2.28. The lowest BCUT2D eigenvalue weighted by Crippen LogP contribution is -2.36. The second-order valence-corrected chi connectivity index (χ2v) is 7.08. The number of amides is 1. The molecule has 0 saturated carbocycles. The predicted octanol–water partition coefficient (Wildman–Crippen LogP) is 4.37. The lowest BCUT2D eigenvalue weighted by molar-refractivity contribution is -0.119. The number of nitrogens with zero attached hydrogens (tertiary/aromatic N) is 3. The topological polar surface area (TPSA) is 81.1 Å². The van der Waals surface area contributed by atoms with Crippen LogP contribution in [0.4, 0.5) is 5.69 Å². The van der Waals surface area contributed by atoms with Crippen LogP contribution in [0.25, 0.3) is 21.7 Å². The molecule has 1 amide bonds. The Balaban J connectivity index is 1.60. The van der Waals surface area contributed by atoms with Gasteiger partial charge in [-0.15, -0.1) is 10.2 Å². The number of carbonyl (C=O) groups is 1. The van der Waals surface area contributed by atoms with Gasteiger partial charge < -0.3 is 10.1 Å². The molecule has 6 nitrogen and oxygen atoms in total. The van der Waals surface area contributed by atoms with Crippen molar-refractivity contribution in [2.24, 2.45) is 16.1 Å². The minimum atomic E-state index is -0.284. The number of piperidine rings is 1. The molecule has 1 fully saturated rings. The van der Waals surface area contributed by atoms with Crippen molar-refractivity contribution in [3.8, 4) is 5.88 Å². The van der Waals surface area contributed by atoms with Crippen molar-refractivity contribution in [2.75, 3.05) is 19.6 Å². The third-order valence-electron chi connectivity index (χ3n) is 5.14. The van der Waals surface area contributed by atoms with E-state index in [1.54, 1.807) is 0 Å². The van der Waals surface area contributed by atoms with Gasteiger partial charge in [0.1, 0.15) is 0 Å². The zero-order chi connectivity index (χ0) is 18.1. The summed E-state index contributed by atoms with van der Waals surface area (Å²) in [6.45, 7) is 4.36. The maximum Gasteiger partial charge on any atom is 0.278 e. The average molecular weight is 350 g/mol. The fraction of sp³-hybridized carbons (Fsp3) is 0.350. The van der Waals surface area contributed by atoms with Crippen LogP contribution in [0.1, 0.15) is 19.8 Å². The first-order valence-corrected chi connectivity index (χ1v) is 9.01. The number of fused-ring (bicyclic) bond motifs is 3. The molecule has 3 aromatic rings. The number of azo groups is 1. The Hall–Kier alpha value is -2.73. The smallest absolute Gasteiger partial charge is 0.278 e. The molecule has 134 valence electrons. The summed E-state index contributed by atoms with van der Waals surface area (Å²) in [5, 5.41) is 21.0. The summed E-state index contributed by atoms with van der Waals surface area (Å²) in [5.74, 6) is 0.368. The first kappa shape index (κ1) is 16.7. The average Bonchev–Trinajstić information content (AvgIpc) is 2.97. The number of nitrogens with one attached hydrogen (secondary N) is 1. The van der Waals surface area contributed by atoms with Crippen molar-refractivity contribution in [1.82, 2.24) is 9.88 Å². The molecule has 1 aromatic heterocycles. The van der Waals surface area contributed by atoms with Gasteiger partial charge in [0.05, 0.1) is 12.1 Å². The molecule has 1 aliphatic heterocycles. The normalized spacial score (nSPS) is 16.8. The van der Waals surface area contributed by atoms with Crippen LogP contribution >= 0.6 is 0 Å². The molecule has 2 N–H and O–H groups in total. The number of rotatable bonds is 3. The van der Waals surface area contributed by atoms with Crippen molar-refractivity contribution in [1.29, 1.82) is 0 Å². The molecule has 4 rings (SSSR count). The van der Waals surface area contributed by atoms with Crippen molar-refractivity contribution in [2.45, 2.75) is 19.8 Å². The Bertz CT molecular complexity index is 984. The van der Waals surface area contributed by atoms with Gasteiger partial charge in [0.15, 0.2) is 5.69 Å². The van der Waals surface area contributed by atoms with E-state index in [0.717, 1.165) is 53.5 Å². The summed E-state index contributed by atoms with van der Waals surface area (Å²) in [6.07, 6.45) is 2.22. The van der Waals surface area contributed by atoms with Crippen LogP contribution in [0.3, 0.4) is 0 Å². The molecular weight excluding hydrogens is 328 g/mol. The maximum absolute atomic E-state index is 12.2. The number of hydrogen-bond donors (Lipinski definition) is 2. The second-order valence-electron chi connectivity index (χ2n) is 7.08. The van der Waals surface area contributed by atoms with Crippen LogP contribution < -0.4 is 0 Å². The first-order chi connectivity index (χ1) is 12.6. The number of benzene rings is 2. The summed E-state index contributed by atoms with van der Waals surface area (Å²) < 4.78 is 0. The summed E-state index contributed by atoms with van der Waals surface area (Å²) >= 11 is 0. The van der Waals surface area contributed by atoms with E-state index in [1.165, 1.54) is 0 Å². The van der Waals surface area contributed by atoms with Crippen LogP contribution in [0.15, 0.2) is 46.6 Å². The highest BCUT2D eigenvalue weighted by Gasteiger charge is 2.18. The fourth-order valence-corrected chi connectivity index (χ4v) is 3.58. The van der Waals surface area contributed by atoms with Crippen LogP contribution in [0.2, 0.25) is 0 Å². The van der Waals surface area contributed by atoms with Crippen molar-refractivity contribution in [3.63, 3.8) is 0 Å². The number of likely N-dealkylation sites (tertiary alicyclic amines) is 1. The Labute approximate surface area is 151 Å². The molecule has 0 bridgehead atoms. The SMILES string of the molecule is CC1CCN(CC(=O)N=Nc2c(O)[nH]c3ccc4ccccc4c23)CC1. The summed E-state index contributed by atoms with van der Waals surface area (Å²) in [5.41, 5.74) is 1.09. The summed E-state index contributed by atoms with van der Waals surface area (Å²) in [7, 11) is 0. The number of hydrogen-bond acceptors (Lipinski definition) is 4. The van der Waals surface area contributed by atoms with Crippen LogP contribution in [-0.2, 0) is 4.79 Å². The molecule has 2 heterocycles. The van der Waals surface area contributed by atoms with E-state index in [4.69, 9.17) is 0 Å². The van der Waals surface area contributed by atoms with E-state index in [9.17, 15) is 9.90 Å². The van der Waals surface area contributed by atoms with Crippen molar-refractivity contribution in [3.05, 3.63) is 36.4 Å². The van der Waals surface area contributed by atoms with Crippen LogP contribution in [0, 0.1) is 5.92 Å². The number of aromatic nitrogens is 1. The minimum Gasteiger partial charge on any atom is -0.493 e. The molecule has 26 heavy (non-hydrogen) atoms. The van der Waals surface area contributed by atoms with Gasteiger partial charge in [-0.3, -0.25) is 9.69 Å². The number of H-pyrrole nitrogens is 1. The Morgan fingerprint density at radius 2 is 2.00 bits per heavy atom. The fourth-order valence-electron chi connectivity index (χ4n) is 3.58. The Morgan fingerprint density at radius 3 is 2.81 bits per heavy atom. The van der Waals surface area contributed by atoms with Crippen LogP contribution in [-0.4, -0.2) is 40.5 Å². The van der Waals surface area contributed by atoms with Gasteiger partial charge in [-0.2, -0.15) is 0 Å². The standard InChI is InChI=1S/C20H22N4O2/c1-13-8-10-24(11-9-13)12-17(25)22-23-19-18-15-5-3-2-4-14(15)6-7-16(18)21-20(19)26/h2-7,13,21,26H,8-12H2,1H3. The third kappa shape index (κ3) is 3.20. The van der Waals surface area contributed by atoms with Gasteiger partial charge in [0.2, 0.25) is 5.88 Å². The van der Waals surface area contributed by atoms with Gasteiger partial charge in [-0.25, -0.2) is 0 Å². The molecule has 0 unspecified atom stereocenters. The minimum absolute atomic E-state index is 0.0697. The third-order valence-corrected chi connectivity index (χ3v) is 5.14. The van der Waals surface area contributed by atoms with Gasteiger partial charge in [-0.1, -0.05) is 37.3 Å². The number of aromatic amines is 1. The summed E-state index contributed by atoms with van der Waals surface area (Å²) in [6, 6.07) is 11.8. The largest absolute Gasteiger partial charge is 0.493 e. The van der Waals surface area contributed by atoms with Gasteiger partial charge >= 0.3 is 0 Å². The Morgan fingerprint density at radius 1 is 1.23 bits per heavy atom. The van der Waals surface area contributed by atoms with Crippen molar-refractivity contribution >= 4 is 33.3 Å². The summed E-state index contributed by atoms with van der Waals surface area (Å²) in [4.78, 5) is 17.2.